The first-order valence-electron chi connectivity index (χ1n) is 9.00. The van der Waals surface area contributed by atoms with Gasteiger partial charge in [0.2, 0.25) is 5.91 Å². The normalized spacial score (nSPS) is 15.4. The molecule has 1 aliphatic rings. The Hall–Kier alpha value is -3.03. The Bertz CT molecular complexity index is 1270. The molecular formula is C21H16ClN5OS. The van der Waals surface area contributed by atoms with E-state index in [-0.39, 0.29) is 5.91 Å². The minimum absolute atomic E-state index is 0.0411. The van der Waals surface area contributed by atoms with Gasteiger partial charge in [-0.3, -0.25) is 4.79 Å². The first-order chi connectivity index (χ1) is 14.1. The monoisotopic (exact) mass is 421 g/mol. The fourth-order valence-corrected chi connectivity index (χ4v) is 4.20. The molecule has 0 radical (unpaired) electrons. The van der Waals surface area contributed by atoms with Gasteiger partial charge in [0.15, 0.2) is 11.0 Å². The number of hydrogen-bond acceptors (Lipinski definition) is 4. The summed E-state index contributed by atoms with van der Waals surface area (Å²) in [6.45, 7) is 0. The van der Waals surface area contributed by atoms with Crippen LogP contribution >= 0.6 is 23.4 Å². The lowest BCUT2D eigenvalue weighted by Crippen LogP contribution is -2.20. The lowest BCUT2D eigenvalue weighted by molar-refractivity contribution is -0.116. The molecule has 1 amide bonds. The van der Waals surface area contributed by atoms with Crippen LogP contribution in [0.3, 0.4) is 0 Å². The maximum Gasteiger partial charge on any atom is 0.236 e. The Kier molecular flexibility index (Phi) is 4.41. The zero-order valence-corrected chi connectivity index (χ0v) is 17.0. The zero-order valence-electron chi connectivity index (χ0n) is 15.5. The van der Waals surface area contributed by atoms with Crippen molar-refractivity contribution in [1.82, 2.24) is 19.7 Å². The van der Waals surface area contributed by atoms with Crippen molar-refractivity contribution in [2.75, 3.05) is 5.75 Å². The van der Waals surface area contributed by atoms with Crippen LogP contribution < -0.4 is 5.32 Å². The average Bonchev–Trinajstić information content (AvgIpc) is 3.41. The number of rotatable bonds is 3. The van der Waals surface area contributed by atoms with E-state index in [0.717, 1.165) is 27.8 Å². The van der Waals surface area contributed by atoms with E-state index in [0.29, 0.717) is 21.8 Å². The van der Waals surface area contributed by atoms with Crippen LogP contribution in [0, 0.1) is 0 Å². The van der Waals surface area contributed by atoms with Gasteiger partial charge in [-0.15, -0.1) is 0 Å². The molecule has 4 aromatic rings. The van der Waals surface area contributed by atoms with Crippen molar-refractivity contribution in [1.29, 1.82) is 0 Å². The lowest BCUT2D eigenvalue weighted by Gasteiger charge is -2.04. The van der Waals surface area contributed by atoms with Crippen LogP contribution in [0.15, 0.2) is 65.8 Å². The van der Waals surface area contributed by atoms with Gasteiger partial charge in [0, 0.05) is 40.8 Å². The van der Waals surface area contributed by atoms with Crippen LogP contribution in [-0.2, 0) is 11.8 Å². The summed E-state index contributed by atoms with van der Waals surface area (Å²) in [7, 11) is 2.02. The number of hydrogen-bond donors (Lipinski definition) is 1. The molecule has 3 heterocycles. The Labute approximate surface area is 176 Å². The third kappa shape index (κ3) is 3.32. The quantitative estimate of drug-likeness (QED) is 0.528. The number of amidine groups is 1. The summed E-state index contributed by atoms with van der Waals surface area (Å²) in [5, 5.41) is 9.97. The number of aromatic nitrogens is 3. The van der Waals surface area contributed by atoms with E-state index in [1.54, 1.807) is 4.68 Å². The largest absolute Gasteiger partial charge is 0.350 e. The van der Waals surface area contributed by atoms with Crippen LogP contribution in [0.1, 0.15) is 0 Å². The maximum absolute atomic E-state index is 11.6. The number of benzene rings is 2. The fourth-order valence-electron chi connectivity index (χ4n) is 3.39. The molecule has 8 heteroatoms. The Morgan fingerprint density at radius 1 is 1.17 bits per heavy atom. The van der Waals surface area contributed by atoms with E-state index in [1.807, 2.05) is 49.5 Å². The van der Waals surface area contributed by atoms with Gasteiger partial charge >= 0.3 is 0 Å². The molecule has 1 saturated heterocycles. The molecule has 0 bridgehead atoms. The van der Waals surface area contributed by atoms with E-state index in [1.165, 1.54) is 11.8 Å². The summed E-state index contributed by atoms with van der Waals surface area (Å²) in [5.74, 6) is 0.977. The molecule has 1 aliphatic heterocycles. The first kappa shape index (κ1) is 18.0. The third-order valence-corrected chi connectivity index (χ3v) is 5.86. The maximum atomic E-state index is 11.6. The van der Waals surface area contributed by atoms with Crippen LogP contribution in [0.25, 0.3) is 27.8 Å². The van der Waals surface area contributed by atoms with Crippen LogP contribution in [-0.4, -0.2) is 31.2 Å². The SMILES string of the molecule is Cn1cc(-c2cc(/N=C3/NC(=O)CS3)n(-c3ccc(Cl)cc3)n2)c2ccccc21. The van der Waals surface area contributed by atoms with Gasteiger partial charge in [0.1, 0.15) is 0 Å². The Balaban J connectivity index is 1.68. The Morgan fingerprint density at radius 3 is 2.72 bits per heavy atom. The molecule has 2 aromatic carbocycles. The van der Waals surface area contributed by atoms with Gasteiger partial charge in [-0.2, -0.15) is 5.10 Å². The molecule has 29 heavy (non-hydrogen) atoms. The van der Waals surface area contributed by atoms with E-state index in [9.17, 15) is 4.79 Å². The number of amides is 1. The van der Waals surface area contributed by atoms with Crippen LogP contribution in [0.4, 0.5) is 5.82 Å². The minimum atomic E-state index is -0.0411. The molecule has 6 nitrogen and oxygen atoms in total. The van der Waals surface area contributed by atoms with Crippen LogP contribution in [0.2, 0.25) is 5.02 Å². The van der Waals surface area contributed by atoms with Crippen molar-refractivity contribution in [3.8, 4) is 16.9 Å². The van der Waals surface area contributed by atoms with Gasteiger partial charge in [0.05, 0.1) is 17.1 Å². The molecule has 0 saturated carbocycles. The number of nitrogens with one attached hydrogen (secondary N) is 1. The number of thioether (sulfide) groups is 1. The van der Waals surface area contributed by atoms with E-state index in [4.69, 9.17) is 16.7 Å². The number of halogens is 1. The van der Waals surface area contributed by atoms with Gasteiger partial charge < -0.3 is 9.88 Å². The molecule has 0 aliphatic carbocycles. The molecule has 2 aromatic heterocycles. The predicted octanol–water partition coefficient (Wildman–Crippen LogP) is 4.53. The molecule has 0 unspecified atom stereocenters. The Morgan fingerprint density at radius 2 is 1.97 bits per heavy atom. The molecule has 1 fully saturated rings. The van der Waals surface area contributed by atoms with Gasteiger partial charge in [-0.25, -0.2) is 9.67 Å². The minimum Gasteiger partial charge on any atom is -0.350 e. The summed E-state index contributed by atoms with van der Waals surface area (Å²) in [4.78, 5) is 16.2. The second kappa shape index (κ2) is 7.09. The van der Waals surface area contributed by atoms with Gasteiger partial charge in [-0.05, 0) is 30.3 Å². The summed E-state index contributed by atoms with van der Waals surface area (Å²) in [6.07, 6.45) is 2.07. The van der Waals surface area contributed by atoms with E-state index < -0.39 is 0 Å². The smallest absolute Gasteiger partial charge is 0.236 e. The highest BCUT2D eigenvalue weighted by Gasteiger charge is 2.20. The highest BCUT2D eigenvalue weighted by molar-refractivity contribution is 8.15. The summed E-state index contributed by atoms with van der Waals surface area (Å²) >= 11 is 7.44. The number of carbonyl (C=O) groups is 1. The van der Waals surface area contributed by atoms with Crippen molar-refractivity contribution in [2.45, 2.75) is 0 Å². The van der Waals surface area contributed by atoms with Crippen molar-refractivity contribution in [3.05, 3.63) is 65.8 Å². The summed E-state index contributed by atoms with van der Waals surface area (Å²) < 4.78 is 3.86. The fraction of sp³-hybridized carbons (Fsp3) is 0.0952. The van der Waals surface area contributed by atoms with Gasteiger partial charge in [-0.1, -0.05) is 41.6 Å². The molecular weight excluding hydrogens is 406 g/mol. The molecule has 144 valence electrons. The number of para-hydroxylation sites is 1. The summed E-state index contributed by atoms with van der Waals surface area (Å²) in [5.41, 5.74) is 3.82. The first-order valence-corrected chi connectivity index (χ1v) is 10.4. The van der Waals surface area contributed by atoms with Crippen molar-refractivity contribution >= 4 is 51.2 Å². The number of aliphatic imine (C=N–C) groups is 1. The molecule has 5 rings (SSSR count). The third-order valence-electron chi connectivity index (χ3n) is 4.74. The van der Waals surface area contributed by atoms with Crippen LogP contribution in [0.5, 0.6) is 0 Å². The second-order valence-electron chi connectivity index (χ2n) is 6.70. The van der Waals surface area contributed by atoms with Crippen molar-refractivity contribution in [2.24, 2.45) is 12.0 Å². The number of aryl methyl sites for hydroxylation is 1. The highest BCUT2D eigenvalue weighted by Crippen LogP contribution is 2.33. The number of carbonyl (C=O) groups excluding carboxylic acids is 1. The number of fused-ring (bicyclic) bond motifs is 1. The topological polar surface area (TPSA) is 64.2 Å². The summed E-state index contributed by atoms with van der Waals surface area (Å²) in [6, 6.07) is 17.6. The van der Waals surface area contributed by atoms with Crippen molar-refractivity contribution in [3.63, 3.8) is 0 Å². The second-order valence-corrected chi connectivity index (χ2v) is 8.10. The van der Waals surface area contributed by atoms with Crippen molar-refractivity contribution < 1.29 is 4.79 Å². The molecule has 1 N–H and O–H groups in total. The molecule has 0 spiro atoms. The number of nitrogens with zero attached hydrogens (tertiary/aromatic N) is 4. The standard InChI is InChI=1S/C21H16ClN5OS/c1-26-11-16(15-4-2-3-5-18(15)26)17-10-19(23-21-24-20(28)12-29-21)27(25-17)14-8-6-13(22)7-9-14/h2-11H,12H2,1H3,(H,23,24,28). The average molecular weight is 422 g/mol. The lowest BCUT2D eigenvalue weighted by atomic mass is 10.1. The predicted molar refractivity (Wildman–Crippen MR) is 118 cm³/mol. The highest BCUT2D eigenvalue weighted by atomic mass is 35.5. The molecule has 0 atom stereocenters. The zero-order chi connectivity index (χ0) is 20.0. The van der Waals surface area contributed by atoms with E-state index in [2.05, 4.69) is 33.2 Å². The van der Waals surface area contributed by atoms with E-state index >= 15 is 0 Å². The van der Waals surface area contributed by atoms with Gasteiger partial charge in [0.25, 0.3) is 0 Å².